The van der Waals surface area contributed by atoms with Gasteiger partial charge in [-0.3, -0.25) is 10.2 Å². The van der Waals surface area contributed by atoms with Crippen LogP contribution in [0.1, 0.15) is 51.9 Å². The van der Waals surface area contributed by atoms with Crippen LogP contribution in [0.2, 0.25) is 0 Å². The predicted octanol–water partition coefficient (Wildman–Crippen LogP) is 3.82. The second-order valence-corrected chi connectivity index (χ2v) is 9.95. The highest BCUT2D eigenvalue weighted by atomic mass is 16.5. The summed E-state index contributed by atoms with van der Waals surface area (Å²) in [5, 5.41) is 11.7. The van der Waals surface area contributed by atoms with Gasteiger partial charge in [0.05, 0.1) is 17.8 Å². The van der Waals surface area contributed by atoms with Crippen molar-refractivity contribution in [2.24, 2.45) is 0 Å². The molecule has 2 aliphatic heterocycles. The topological polar surface area (TPSA) is 104 Å². The summed E-state index contributed by atoms with van der Waals surface area (Å²) >= 11 is 0. The summed E-state index contributed by atoms with van der Waals surface area (Å²) in [5.41, 5.74) is 13.1. The number of fused-ring (bicyclic) bond motifs is 2. The smallest absolute Gasteiger partial charge is 0.255 e. The van der Waals surface area contributed by atoms with Crippen LogP contribution in [0.25, 0.3) is 11.1 Å². The van der Waals surface area contributed by atoms with Crippen molar-refractivity contribution in [1.29, 1.82) is 5.41 Å². The van der Waals surface area contributed by atoms with Gasteiger partial charge < -0.3 is 20.7 Å². The molecular weight excluding hydrogens is 450 g/mol. The number of rotatable bonds is 4. The first-order chi connectivity index (χ1) is 17.6. The molecule has 3 heterocycles. The molecule has 1 atom stereocenters. The molecule has 1 aliphatic carbocycles. The van der Waals surface area contributed by atoms with E-state index >= 15 is 0 Å². The summed E-state index contributed by atoms with van der Waals surface area (Å²) in [6.07, 6.45) is 7.80. The number of nitrogens with zero attached hydrogens (tertiary/aromatic N) is 2. The van der Waals surface area contributed by atoms with Gasteiger partial charge in [-0.1, -0.05) is 24.3 Å². The average Bonchev–Trinajstić information content (AvgIpc) is 3.18. The number of carbonyl (C=O) groups is 1. The molecule has 3 aliphatic rings. The van der Waals surface area contributed by atoms with E-state index in [0.29, 0.717) is 47.5 Å². The van der Waals surface area contributed by atoms with Gasteiger partial charge in [0.1, 0.15) is 18.2 Å². The first kappa shape index (κ1) is 22.7. The fraction of sp³-hybridized carbons (Fsp3) is 0.345. The molecule has 4 N–H and O–H groups in total. The van der Waals surface area contributed by atoms with Crippen LogP contribution in [0.4, 0.5) is 5.82 Å². The number of likely N-dealkylation sites (tertiary alicyclic amines) is 1. The van der Waals surface area contributed by atoms with Gasteiger partial charge in [0, 0.05) is 28.9 Å². The second-order valence-electron chi connectivity index (χ2n) is 9.95. The molecule has 1 aromatic heterocycles. The Morgan fingerprint density at radius 3 is 2.69 bits per heavy atom. The van der Waals surface area contributed by atoms with Crippen LogP contribution in [-0.2, 0) is 12.8 Å². The van der Waals surface area contributed by atoms with Gasteiger partial charge >= 0.3 is 0 Å². The Bertz CT molecular complexity index is 1350. The molecule has 3 aromatic rings. The van der Waals surface area contributed by atoms with Crippen LogP contribution in [-0.4, -0.2) is 53.8 Å². The lowest BCUT2D eigenvalue weighted by molar-refractivity contribution is 0.0957. The van der Waals surface area contributed by atoms with Crippen molar-refractivity contribution >= 4 is 17.4 Å². The number of nitrogens with two attached hydrogens (primary N) is 1. The number of aromatic nitrogens is 1. The minimum Gasteiger partial charge on any atom is -0.491 e. The number of carbonyl (C=O) groups excluding carboxylic acids is 1. The highest BCUT2D eigenvalue weighted by Crippen LogP contribution is 2.31. The fourth-order valence-corrected chi connectivity index (χ4v) is 5.54. The molecule has 184 valence electrons. The highest BCUT2D eigenvalue weighted by Gasteiger charge is 2.26. The fourth-order valence-electron chi connectivity index (χ4n) is 5.54. The predicted molar refractivity (Wildman–Crippen MR) is 141 cm³/mol. The van der Waals surface area contributed by atoms with Gasteiger partial charge in [-0.25, -0.2) is 4.98 Å². The number of hydrogen-bond acceptors (Lipinski definition) is 6. The third kappa shape index (κ3) is 4.24. The molecule has 6 rings (SSSR count). The summed E-state index contributed by atoms with van der Waals surface area (Å²) in [7, 11) is 0. The van der Waals surface area contributed by atoms with E-state index in [4.69, 9.17) is 15.9 Å². The third-order valence-corrected chi connectivity index (χ3v) is 7.79. The number of amides is 1. The van der Waals surface area contributed by atoms with Crippen LogP contribution in [0.3, 0.4) is 0 Å². The summed E-state index contributed by atoms with van der Waals surface area (Å²) in [5.74, 6) is 0.630. The lowest BCUT2D eigenvalue weighted by Crippen LogP contribution is -2.45. The van der Waals surface area contributed by atoms with E-state index in [-0.39, 0.29) is 11.6 Å². The van der Waals surface area contributed by atoms with Crippen molar-refractivity contribution in [2.45, 2.75) is 38.1 Å². The number of nitrogens with one attached hydrogen (secondary N) is 2. The number of nitrogen functional groups attached to an aromatic ring is 1. The highest BCUT2D eigenvalue weighted by molar-refractivity contribution is 6.14. The molecule has 0 spiro atoms. The van der Waals surface area contributed by atoms with Crippen LogP contribution in [0, 0.1) is 5.41 Å². The number of aryl methyl sites for hydroxylation is 2. The maximum atomic E-state index is 12.2. The third-order valence-electron chi connectivity index (χ3n) is 7.79. The number of pyridine rings is 1. The Morgan fingerprint density at radius 2 is 1.89 bits per heavy atom. The maximum Gasteiger partial charge on any atom is 0.255 e. The van der Waals surface area contributed by atoms with Crippen LogP contribution in [0.5, 0.6) is 5.75 Å². The monoisotopic (exact) mass is 481 g/mol. The number of benzene rings is 2. The van der Waals surface area contributed by atoms with Gasteiger partial charge in [-0.15, -0.1) is 0 Å². The van der Waals surface area contributed by atoms with Gasteiger partial charge in [-0.2, -0.15) is 0 Å². The van der Waals surface area contributed by atoms with E-state index in [2.05, 4.69) is 33.4 Å². The Labute approximate surface area is 211 Å². The minimum atomic E-state index is -0.164. The molecule has 1 saturated heterocycles. The number of hydrogen-bond donors (Lipinski definition) is 3. The lowest BCUT2D eigenvalue weighted by Gasteiger charge is -2.38. The first-order valence-electron chi connectivity index (χ1n) is 12.8. The lowest BCUT2D eigenvalue weighted by atomic mass is 9.95. The molecule has 0 radical (unpaired) electrons. The average molecular weight is 482 g/mol. The van der Waals surface area contributed by atoms with E-state index < -0.39 is 0 Å². The first-order valence-corrected chi connectivity index (χ1v) is 12.8. The normalized spacial score (nSPS) is 19.6. The van der Waals surface area contributed by atoms with Crippen LogP contribution in [0.15, 0.2) is 48.7 Å². The Hall–Kier alpha value is -3.71. The Morgan fingerprint density at radius 1 is 1.06 bits per heavy atom. The Balaban J connectivity index is 1.28. The van der Waals surface area contributed by atoms with Crippen LogP contribution < -0.4 is 15.8 Å². The molecule has 1 fully saturated rings. The molecule has 1 amide bonds. The van der Waals surface area contributed by atoms with Crippen molar-refractivity contribution in [2.75, 3.05) is 32.0 Å². The molecule has 36 heavy (non-hydrogen) atoms. The van der Waals surface area contributed by atoms with Crippen molar-refractivity contribution < 1.29 is 9.53 Å². The standard InChI is InChI=1S/C29H31N5O2/c30-27(21-6-9-24-26(16-21)36-13-10-32-29(24)35)25-15-22(17-33-28(25)31)20-3-2-18-4-7-23(34-11-1-12-34)8-5-19(18)14-20/h2-3,6,9,14-17,23,30H,1,4-5,7-8,10-13H2,(H2,31,33)(H,32,35). The van der Waals surface area contributed by atoms with Gasteiger partial charge in [-0.05, 0) is 80.1 Å². The molecule has 0 saturated carbocycles. The van der Waals surface area contributed by atoms with Crippen molar-refractivity contribution in [3.05, 3.63) is 76.5 Å². The van der Waals surface area contributed by atoms with E-state index in [0.717, 1.165) is 24.0 Å². The van der Waals surface area contributed by atoms with Gasteiger partial charge in [0.25, 0.3) is 5.91 Å². The maximum absolute atomic E-state index is 12.2. The van der Waals surface area contributed by atoms with Gasteiger partial charge in [0.15, 0.2) is 0 Å². The molecule has 7 heteroatoms. The molecule has 2 aromatic carbocycles. The van der Waals surface area contributed by atoms with E-state index in [1.54, 1.807) is 24.4 Å². The summed E-state index contributed by atoms with van der Waals surface area (Å²) in [6, 6.07) is 14.6. The quantitative estimate of drug-likeness (QED) is 0.388. The zero-order valence-electron chi connectivity index (χ0n) is 20.3. The largest absolute Gasteiger partial charge is 0.491 e. The summed E-state index contributed by atoms with van der Waals surface area (Å²) < 4.78 is 5.74. The zero-order valence-corrected chi connectivity index (χ0v) is 20.3. The van der Waals surface area contributed by atoms with Gasteiger partial charge in [0.2, 0.25) is 0 Å². The van der Waals surface area contributed by atoms with E-state index in [1.807, 2.05) is 6.07 Å². The van der Waals surface area contributed by atoms with Crippen LogP contribution >= 0.6 is 0 Å². The SMILES string of the molecule is N=C(c1ccc2c(c1)OCCNC2=O)c1cc(-c2ccc3c(c2)CCC(N2CCC2)CC3)cnc1N. The summed E-state index contributed by atoms with van der Waals surface area (Å²) in [6.45, 7) is 3.36. The number of ether oxygens (including phenoxy) is 1. The molecular formula is C29H31N5O2. The van der Waals surface area contributed by atoms with Crippen molar-refractivity contribution in [1.82, 2.24) is 15.2 Å². The van der Waals surface area contributed by atoms with Crippen molar-refractivity contribution in [3.63, 3.8) is 0 Å². The summed E-state index contributed by atoms with van der Waals surface area (Å²) in [4.78, 5) is 19.3. The molecule has 1 unspecified atom stereocenters. The second kappa shape index (κ2) is 9.39. The minimum absolute atomic E-state index is 0.164. The Kier molecular flexibility index (Phi) is 5.93. The number of anilines is 1. The zero-order chi connectivity index (χ0) is 24.6. The molecule has 0 bridgehead atoms. The van der Waals surface area contributed by atoms with Crippen molar-refractivity contribution in [3.8, 4) is 16.9 Å². The van der Waals surface area contributed by atoms with E-state index in [9.17, 15) is 4.79 Å². The van der Waals surface area contributed by atoms with E-state index in [1.165, 1.54) is 43.5 Å². The molecule has 7 nitrogen and oxygen atoms in total.